The molecule has 0 fully saturated rings. The maximum Gasteiger partial charge on any atom is 0.408 e. The first-order valence-corrected chi connectivity index (χ1v) is 6.46. The van der Waals surface area contributed by atoms with E-state index in [9.17, 15) is 9.59 Å². The summed E-state index contributed by atoms with van der Waals surface area (Å²) in [6.45, 7) is 13.1. The maximum atomic E-state index is 11.4. The molecule has 0 saturated heterocycles. The molecule has 1 N–H and O–H groups in total. The van der Waals surface area contributed by atoms with Crippen LogP contribution in [-0.4, -0.2) is 30.3 Å². The predicted octanol–water partition coefficient (Wildman–Crippen LogP) is 2.88. The number of amides is 1. The third-order valence-electron chi connectivity index (χ3n) is 1.67. The van der Waals surface area contributed by atoms with E-state index in [0.29, 0.717) is 13.0 Å². The van der Waals surface area contributed by atoms with Gasteiger partial charge in [0.25, 0.3) is 0 Å². The van der Waals surface area contributed by atoms with Gasteiger partial charge in [-0.3, -0.25) is 0 Å². The van der Waals surface area contributed by atoms with Crippen molar-refractivity contribution in [2.45, 2.75) is 66.5 Å². The summed E-state index contributed by atoms with van der Waals surface area (Å²) in [4.78, 5) is 22.8. The zero-order valence-electron chi connectivity index (χ0n) is 12.6. The summed E-state index contributed by atoms with van der Waals surface area (Å²) < 4.78 is 9.86. The van der Waals surface area contributed by atoms with Crippen LogP contribution in [0.25, 0.3) is 0 Å². The first-order valence-electron chi connectivity index (χ1n) is 6.46. The Labute approximate surface area is 110 Å². The zero-order valence-corrected chi connectivity index (χ0v) is 12.6. The molecule has 0 saturated carbocycles. The van der Waals surface area contributed by atoms with Gasteiger partial charge >= 0.3 is 12.1 Å². The predicted molar refractivity (Wildman–Crippen MR) is 71.4 cm³/mol. The number of hydrogen-bond acceptors (Lipinski definition) is 4. The van der Waals surface area contributed by atoms with E-state index in [1.165, 1.54) is 0 Å². The number of rotatable bonds is 4. The minimum absolute atomic E-state index is 0.297. The second-order valence-electron chi connectivity index (χ2n) is 4.36. The second kappa shape index (κ2) is 9.74. The maximum absolute atomic E-state index is 11.4. The van der Waals surface area contributed by atoms with Crippen LogP contribution < -0.4 is 5.32 Å². The summed E-state index contributed by atoms with van der Waals surface area (Å²) in [7, 11) is 0. The van der Waals surface area contributed by atoms with Gasteiger partial charge in [-0.05, 0) is 34.1 Å². The van der Waals surface area contributed by atoms with Crippen LogP contribution in [0.5, 0.6) is 0 Å². The number of hydrogen-bond donors (Lipinski definition) is 1. The van der Waals surface area contributed by atoms with Gasteiger partial charge in [0.15, 0.2) is 0 Å². The van der Waals surface area contributed by atoms with Crippen molar-refractivity contribution in [1.82, 2.24) is 5.32 Å². The average molecular weight is 261 g/mol. The number of carbonyl (C=O) groups excluding carboxylic acids is 2. The lowest BCUT2D eigenvalue weighted by molar-refractivity contribution is -0.145. The van der Waals surface area contributed by atoms with Crippen molar-refractivity contribution in [3.63, 3.8) is 0 Å². The van der Waals surface area contributed by atoms with Gasteiger partial charge in [-0.25, -0.2) is 9.59 Å². The van der Waals surface area contributed by atoms with Crippen molar-refractivity contribution in [3.05, 3.63) is 0 Å². The van der Waals surface area contributed by atoms with Gasteiger partial charge in [0, 0.05) is 0 Å². The number of ether oxygens (including phenoxy) is 2. The molecule has 0 rings (SSSR count). The molecule has 0 aliphatic heterocycles. The average Bonchev–Trinajstić information content (AvgIpc) is 2.26. The molecule has 0 unspecified atom stereocenters. The number of carbonyl (C=O) groups is 2. The van der Waals surface area contributed by atoms with E-state index in [2.05, 4.69) is 5.32 Å². The van der Waals surface area contributed by atoms with Crippen LogP contribution in [0.2, 0.25) is 0 Å². The van der Waals surface area contributed by atoms with E-state index >= 15 is 0 Å². The number of alkyl carbamates (subject to hydrolysis) is 1. The fraction of sp³-hybridized carbons (Fsp3) is 0.846. The van der Waals surface area contributed by atoms with E-state index in [4.69, 9.17) is 9.47 Å². The third-order valence-corrected chi connectivity index (χ3v) is 1.67. The lowest BCUT2D eigenvalue weighted by Crippen LogP contribution is -2.43. The highest BCUT2D eigenvalue weighted by Crippen LogP contribution is 2.07. The van der Waals surface area contributed by atoms with E-state index in [1.807, 2.05) is 13.8 Å². The van der Waals surface area contributed by atoms with Crippen molar-refractivity contribution in [3.8, 4) is 0 Å². The van der Waals surface area contributed by atoms with Gasteiger partial charge in [0.2, 0.25) is 0 Å². The molecular weight excluding hydrogens is 234 g/mol. The molecule has 18 heavy (non-hydrogen) atoms. The van der Waals surface area contributed by atoms with Crippen LogP contribution in [0, 0.1) is 0 Å². The largest absolute Gasteiger partial charge is 0.464 e. The van der Waals surface area contributed by atoms with Crippen molar-refractivity contribution in [2.75, 3.05) is 6.61 Å². The Morgan fingerprint density at radius 3 is 2.00 bits per heavy atom. The Morgan fingerprint density at radius 1 is 1.17 bits per heavy atom. The van der Waals surface area contributed by atoms with Gasteiger partial charge in [0.05, 0.1) is 6.61 Å². The summed E-state index contributed by atoms with van der Waals surface area (Å²) in [5, 5.41) is 2.47. The Kier molecular flexibility index (Phi) is 10.3. The van der Waals surface area contributed by atoms with E-state index < -0.39 is 23.7 Å². The van der Waals surface area contributed by atoms with Gasteiger partial charge in [-0.1, -0.05) is 20.8 Å². The molecule has 0 bridgehead atoms. The quantitative estimate of drug-likeness (QED) is 0.790. The minimum atomic E-state index is -0.644. The topological polar surface area (TPSA) is 64.6 Å². The SMILES string of the molecule is CC.CCOC(=O)[C@H](CC)NC(=O)OC(C)(C)C. The van der Waals surface area contributed by atoms with Gasteiger partial charge in [-0.2, -0.15) is 0 Å². The molecule has 0 aliphatic carbocycles. The lowest BCUT2D eigenvalue weighted by atomic mass is 10.2. The van der Waals surface area contributed by atoms with Crippen LogP contribution in [0.3, 0.4) is 0 Å². The zero-order chi connectivity index (χ0) is 14.8. The molecule has 0 aliphatic rings. The molecule has 0 heterocycles. The van der Waals surface area contributed by atoms with E-state index in [0.717, 1.165) is 0 Å². The number of esters is 1. The molecule has 1 amide bonds. The van der Waals surface area contributed by atoms with Gasteiger partial charge in [-0.15, -0.1) is 0 Å². The van der Waals surface area contributed by atoms with Gasteiger partial charge in [0.1, 0.15) is 11.6 Å². The number of nitrogens with one attached hydrogen (secondary N) is 1. The Bertz CT molecular complexity index is 246. The van der Waals surface area contributed by atoms with E-state index in [1.54, 1.807) is 34.6 Å². The third kappa shape index (κ3) is 9.93. The molecule has 5 nitrogen and oxygen atoms in total. The van der Waals surface area contributed by atoms with Crippen LogP contribution in [0.4, 0.5) is 4.79 Å². The molecular formula is C13H27NO4. The highest BCUT2D eigenvalue weighted by molar-refractivity contribution is 5.81. The second-order valence-corrected chi connectivity index (χ2v) is 4.36. The Hall–Kier alpha value is -1.26. The fourth-order valence-electron chi connectivity index (χ4n) is 1.02. The summed E-state index contributed by atoms with van der Waals surface area (Å²) in [5.41, 5.74) is -0.572. The van der Waals surface area contributed by atoms with Crippen LogP contribution in [0.15, 0.2) is 0 Å². The highest BCUT2D eigenvalue weighted by Gasteiger charge is 2.23. The Balaban J connectivity index is 0. The smallest absolute Gasteiger partial charge is 0.408 e. The monoisotopic (exact) mass is 261 g/mol. The van der Waals surface area contributed by atoms with Crippen molar-refractivity contribution in [1.29, 1.82) is 0 Å². The minimum Gasteiger partial charge on any atom is -0.464 e. The summed E-state index contributed by atoms with van der Waals surface area (Å²) >= 11 is 0. The van der Waals surface area contributed by atoms with Gasteiger partial charge < -0.3 is 14.8 Å². The standard InChI is InChI=1S/C11H21NO4.C2H6/c1-6-8(9(13)15-7-2)12-10(14)16-11(3,4)5;1-2/h8H,6-7H2,1-5H3,(H,12,14);1-2H3/t8-;/m0./s1. The lowest BCUT2D eigenvalue weighted by Gasteiger charge is -2.22. The summed E-state index contributed by atoms with van der Waals surface area (Å²) in [5.74, 6) is -0.434. The van der Waals surface area contributed by atoms with Crippen molar-refractivity contribution >= 4 is 12.1 Å². The molecule has 0 aromatic heterocycles. The first kappa shape index (κ1) is 19.1. The first-order chi connectivity index (χ1) is 8.30. The Morgan fingerprint density at radius 2 is 1.67 bits per heavy atom. The van der Waals surface area contributed by atoms with E-state index in [-0.39, 0.29) is 0 Å². The molecule has 0 spiro atoms. The molecule has 1 atom stereocenters. The summed E-state index contributed by atoms with van der Waals surface area (Å²) in [6.07, 6.45) is -0.134. The normalized spacial score (nSPS) is 11.7. The fourth-order valence-corrected chi connectivity index (χ4v) is 1.02. The highest BCUT2D eigenvalue weighted by atomic mass is 16.6. The molecule has 108 valence electrons. The van der Waals surface area contributed by atoms with Crippen molar-refractivity contribution in [2.24, 2.45) is 0 Å². The molecule has 5 heteroatoms. The van der Waals surface area contributed by atoms with Crippen LogP contribution in [-0.2, 0) is 14.3 Å². The van der Waals surface area contributed by atoms with Crippen LogP contribution in [0.1, 0.15) is 54.9 Å². The van der Waals surface area contributed by atoms with Crippen molar-refractivity contribution < 1.29 is 19.1 Å². The molecule has 0 radical (unpaired) electrons. The molecule has 0 aromatic carbocycles. The van der Waals surface area contributed by atoms with Crippen LogP contribution >= 0.6 is 0 Å². The summed E-state index contributed by atoms with van der Waals surface area (Å²) in [6, 6.07) is -0.644. The molecule has 0 aromatic rings.